The van der Waals surface area contributed by atoms with Crippen LogP contribution in [0.15, 0.2) is 12.4 Å². The first-order chi connectivity index (χ1) is 8.61. The maximum Gasteiger partial charge on any atom is 0.428 e. The molecular formula is C10H11F3N2O4. The van der Waals surface area contributed by atoms with E-state index in [2.05, 4.69) is 9.84 Å². The number of carbonyl (C=O) groups is 2. The van der Waals surface area contributed by atoms with E-state index in [0.717, 1.165) is 6.20 Å². The number of aliphatic hydroxyl groups is 1. The van der Waals surface area contributed by atoms with Crippen LogP contribution in [0.25, 0.3) is 0 Å². The number of hydrogen-bond acceptors (Lipinski definition) is 5. The number of ketones is 1. The number of hydrogen-bond donors (Lipinski definition) is 1. The molecule has 0 amide bonds. The number of aryl methyl sites for hydroxylation is 1. The third-order valence-electron chi connectivity index (χ3n) is 2.44. The first-order valence-corrected chi connectivity index (χ1v) is 5.01. The van der Waals surface area contributed by atoms with Gasteiger partial charge >= 0.3 is 12.1 Å². The topological polar surface area (TPSA) is 81.4 Å². The number of rotatable bonds is 4. The average molecular weight is 280 g/mol. The molecule has 0 aliphatic heterocycles. The number of methoxy groups -OCH3 is 1. The molecular weight excluding hydrogens is 269 g/mol. The van der Waals surface area contributed by atoms with E-state index in [1.165, 1.54) is 17.9 Å². The van der Waals surface area contributed by atoms with E-state index in [1.54, 1.807) is 0 Å². The Bertz CT molecular complexity index is 497. The average Bonchev–Trinajstić information content (AvgIpc) is 2.73. The van der Waals surface area contributed by atoms with Gasteiger partial charge in [0, 0.05) is 13.2 Å². The fraction of sp³-hybridized carbons (Fsp3) is 0.500. The molecule has 0 fully saturated rings. The molecule has 0 aromatic carbocycles. The third-order valence-corrected chi connectivity index (χ3v) is 2.44. The summed E-state index contributed by atoms with van der Waals surface area (Å²) >= 11 is 0. The van der Waals surface area contributed by atoms with E-state index < -0.39 is 30.0 Å². The van der Waals surface area contributed by atoms with Gasteiger partial charge in [0.1, 0.15) is 0 Å². The summed E-state index contributed by atoms with van der Waals surface area (Å²) in [4.78, 5) is 22.7. The summed E-state index contributed by atoms with van der Waals surface area (Å²) in [5, 5.41) is 13.0. The van der Waals surface area contributed by atoms with Crippen molar-refractivity contribution in [2.45, 2.75) is 18.2 Å². The Morgan fingerprint density at radius 2 is 2.05 bits per heavy atom. The zero-order chi connectivity index (χ0) is 14.8. The third kappa shape index (κ3) is 2.92. The maximum atomic E-state index is 12.7. The van der Waals surface area contributed by atoms with Gasteiger partial charge in [0.2, 0.25) is 0 Å². The molecule has 1 N–H and O–H groups in total. The summed E-state index contributed by atoms with van der Waals surface area (Å²) in [5.74, 6) is -3.00. The Labute approximate surface area is 105 Å². The highest BCUT2D eigenvalue weighted by atomic mass is 19.4. The summed E-state index contributed by atoms with van der Waals surface area (Å²) in [5.41, 5.74) is -4.01. The van der Waals surface area contributed by atoms with Crippen molar-refractivity contribution < 1.29 is 32.6 Å². The van der Waals surface area contributed by atoms with Gasteiger partial charge in [-0.3, -0.25) is 9.48 Å². The lowest BCUT2D eigenvalue weighted by molar-refractivity contribution is -0.260. The molecule has 0 spiro atoms. The molecule has 1 atom stereocenters. The summed E-state index contributed by atoms with van der Waals surface area (Å²) in [6.07, 6.45) is -4.57. The SMILES string of the molecule is COC(=O)C(O)(CC(=O)c1cnn(C)c1)C(F)(F)F. The second-order valence-corrected chi connectivity index (χ2v) is 3.85. The lowest BCUT2D eigenvalue weighted by atomic mass is 9.94. The molecule has 0 saturated carbocycles. The summed E-state index contributed by atoms with van der Waals surface area (Å²) < 4.78 is 43.2. The van der Waals surface area contributed by atoms with Crippen LogP contribution in [0.3, 0.4) is 0 Å². The number of aromatic nitrogens is 2. The van der Waals surface area contributed by atoms with Gasteiger partial charge in [-0.25, -0.2) is 4.79 Å². The molecule has 6 nitrogen and oxygen atoms in total. The van der Waals surface area contributed by atoms with Crippen molar-refractivity contribution in [3.8, 4) is 0 Å². The van der Waals surface area contributed by atoms with E-state index in [1.807, 2.05) is 0 Å². The highest BCUT2D eigenvalue weighted by molar-refractivity contribution is 5.99. The fourth-order valence-corrected chi connectivity index (χ4v) is 1.36. The molecule has 9 heteroatoms. The Morgan fingerprint density at radius 3 is 2.42 bits per heavy atom. The molecule has 0 radical (unpaired) electrons. The molecule has 1 aromatic rings. The molecule has 0 aliphatic carbocycles. The van der Waals surface area contributed by atoms with Crippen molar-refractivity contribution in [3.63, 3.8) is 0 Å². The van der Waals surface area contributed by atoms with Gasteiger partial charge in [0.05, 0.1) is 25.3 Å². The van der Waals surface area contributed by atoms with Crippen LogP contribution in [0.1, 0.15) is 16.8 Å². The van der Waals surface area contributed by atoms with Crippen LogP contribution in [0.5, 0.6) is 0 Å². The van der Waals surface area contributed by atoms with Crippen LogP contribution in [0.4, 0.5) is 13.2 Å². The quantitative estimate of drug-likeness (QED) is 0.640. The number of halogens is 3. The molecule has 0 bridgehead atoms. The Balaban J connectivity index is 3.03. The standard InChI is InChI=1S/C10H11F3N2O4/c1-15-5-6(4-14-15)7(16)3-9(18,8(17)19-2)10(11,12)13/h4-5,18H,3H2,1-2H3. The fourth-order valence-electron chi connectivity index (χ4n) is 1.36. The van der Waals surface area contributed by atoms with E-state index in [9.17, 15) is 27.9 Å². The van der Waals surface area contributed by atoms with Crippen LogP contribution in [0.2, 0.25) is 0 Å². The molecule has 19 heavy (non-hydrogen) atoms. The van der Waals surface area contributed by atoms with Gasteiger partial charge in [-0.05, 0) is 0 Å². The molecule has 1 rings (SSSR count). The number of nitrogens with zero attached hydrogens (tertiary/aromatic N) is 2. The van der Waals surface area contributed by atoms with E-state index in [-0.39, 0.29) is 5.56 Å². The Kier molecular flexibility index (Phi) is 3.99. The molecule has 1 heterocycles. The number of ether oxygens (including phenoxy) is 1. The highest BCUT2D eigenvalue weighted by Crippen LogP contribution is 2.35. The van der Waals surface area contributed by atoms with Gasteiger partial charge < -0.3 is 9.84 Å². The number of alkyl halides is 3. The van der Waals surface area contributed by atoms with Gasteiger partial charge in [0.15, 0.2) is 5.78 Å². The Hall–Kier alpha value is -1.90. The smallest absolute Gasteiger partial charge is 0.428 e. The van der Waals surface area contributed by atoms with Gasteiger partial charge in [-0.1, -0.05) is 0 Å². The van der Waals surface area contributed by atoms with Crippen molar-refractivity contribution in [3.05, 3.63) is 18.0 Å². The molecule has 0 aliphatic rings. The van der Waals surface area contributed by atoms with Crippen molar-refractivity contribution in [1.82, 2.24) is 9.78 Å². The van der Waals surface area contributed by atoms with Crippen molar-refractivity contribution in [2.75, 3.05) is 7.11 Å². The number of esters is 1. The van der Waals surface area contributed by atoms with E-state index in [4.69, 9.17) is 0 Å². The minimum atomic E-state index is -5.32. The maximum absolute atomic E-state index is 12.7. The minimum Gasteiger partial charge on any atom is -0.467 e. The first kappa shape index (κ1) is 15.2. The minimum absolute atomic E-state index is 0.144. The van der Waals surface area contributed by atoms with Crippen molar-refractivity contribution in [1.29, 1.82) is 0 Å². The lowest BCUT2D eigenvalue weighted by Crippen LogP contribution is -2.54. The molecule has 1 unspecified atom stereocenters. The van der Waals surface area contributed by atoms with Crippen LogP contribution in [-0.2, 0) is 16.6 Å². The van der Waals surface area contributed by atoms with Crippen molar-refractivity contribution in [2.24, 2.45) is 7.05 Å². The predicted molar refractivity (Wildman–Crippen MR) is 55.2 cm³/mol. The molecule has 0 saturated heterocycles. The first-order valence-electron chi connectivity index (χ1n) is 5.01. The molecule has 1 aromatic heterocycles. The van der Waals surface area contributed by atoms with E-state index >= 15 is 0 Å². The van der Waals surface area contributed by atoms with Gasteiger partial charge in [-0.15, -0.1) is 0 Å². The zero-order valence-electron chi connectivity index (χ0n) is 10.1. The predicted octanol–water partition coefficient (Wildman–Crippen LogP) is 0.459. The van der Waals surface area contributed by atoms with Crippen molar-refractivity contribution >= 4 is 11.8 Å². The highest BCUT2D eigenvalue weighted by Gasteiger charge is 2.61. The van der Waals surface area contributed by atoms with Crippen LogP contribution >= 0.6 is 0 Å². The summed E-state index contributed by atoms with van der Waals surface area (Å²) in [6, 6.07) is 0. The summed E-state index contributed by atoms with van der Waals surface area (Å²) in [6.45, 7) is 0. The molecule has 106 valence electrons. The monoisotopic (exact) mass is 280 g/mol. The lowest BCUT2D eigenvalue weighted by Gasteiger charge is -2.26. The zero-order valence-corrected chi connectivity index (χ0v) is 10.1. The second-order valence-electron chi connectivity index (χ2n) is 3.85. The van der Waals surface area contributed by atoms with Crippen LogP contribution in [0, 0.1) is 0 Å². The van der Waals surface area contributed by atoms with Gasteiger partial charge in [-0.2, -0.15) is 18.3 Å². The normalized spacial score (nSPS) is 14.8. The van der Waals surface area contributed by atoms with Crippen LogP contribution < -0.4 is 0 Å². The number of Topliss-reactive ketones (excluding diaryl/α,β-unsaturated/α-hetero) is 1. The Morgan fingerprint density at radius 1 is 1.47 bits per heavy atom. The largest absolute Gasteiger partial charge is 0.467 e. The van der Waals surface area contributed by atoms with Crippen LogP contribution in [-0.4, -0.2) is 45.5 Å². The van der Waals surface area contributed by atoms with E-state index in [0.29, 0.717) is 7.11 Å². The number of carbonyl (C=O) groups excluding carboxylic acids is 2. The summed E-state index contributed by atoms with van der Waals surface area (Å²) in [7, 11) is 2.15. The second kappa shape index (κ2) is 5.00. The van der Waals surface area contributed by atoms with Gasteiger partial charge in [0.25, 0.3) is 5.60 Å².